The van der Waals surface area contributed by atoms with Gasteiger partial charge in [-0.1, -0.05) is 25.0 Å². The van der Waals surface area contributed by atoms with Gasteiger partial charge in [0.2, 0.25) is 23.7 Å². The number of aryl methyl sites for hydroxylation is 1. The average Bonchev–Trinajstić information content (AvgIpc) is 3.82. The van der Waals surface area contributed by atoms with Crippen LogP contribution in [-0.4, -0.2) is 112 Å². The second-order valence-electron chi connectivity index (χ2n) is 18.0. The molecule has 1 unspecified atom stereocenters. The number of pyridine rings is 2. The number of carbonyl (C=O) groups excluding carboxylic acids is 4. The number of fused-ring (bicyclic) bond motifs is 1. The number of likely N-dealkylation sites (tertiary alicyclic amines) is 1. The average molecular weight is 843 g/mol. The first-order valence-corrected chi connectivity index (χ1v) is 22.7. The standard InChI is InChI=1S/C47H58N10O5/c1-30-39-28-49-47(52-43(39)57(36-5-3-4-6-36)46(62)42(30)31(2)58)50-40-13-11-37(27-48-40)55-23-25-56(26-24-55)45(61)34-17-19-53(20-18-34)29-32-15-21-54(22-16-32)35-9-7-33(8-10-35)38-12-14-41(59)51-44(38)60/h7-11,13,27-28,32,34,36,38H,3-6,12,14-26,29H2,1-2H3,(H,51,59,60)(H,48,49,50,52). The molecule has 9 rings (SSSR count). The van der Waals surface area contributed by atoms with E-state index in [-0.39, 0.29) is 46.6 Å². The summed E-state index contributed by atoms with van der Waals surface area (Å²) in [5.41, 5.74) is 4.25. The van der Waals surface area contributed by atoms with E-state index in [0.717, 1.165) is 108 Å². The Morgan fingerprint density at radius 1 is 0.774 bits per heavy atom. The minimum atomic E-state index is -0.274. The van der Waals surface area contributed by atoms with E-state index >= 15 is 0 Å². The van der Waals surface area contributed by atoms with Gasteiger partial charge in [-0.3, -0.25) is 33.9 Å². The van der Waals surface area contributed by atoms with Gasteiger partial charge in [0.15, 0.2) is 5.78 Å². The summed E-state index contributed by atoms with van der Waals surface area (Å²) in [7, 11) is 0. The number of aromatic nitrogens is 4. The first-order chi connectivity index (χ1) is 30.1. The minimum Gasteiger partial charge on any atom is -0.372 e. The number of nitrogens with zero attached hydrogens (tertiary/aromatic N) is 8. The molecule has 15 nitrogen and oxygen atoms in total. The van der Waals surface area contributed by atoms with Crippen molar-refractivity contribution >= 4 is 57.7 Å². The number of rotatable bonds is 10. The van der Waals surface area contributed by atoms with Crippen LogP contribution in [0.25, 0.3) is 11.0 Å². The Labute approximate surface area is 362 Å². The Morgan fingerprint density at radius 2 is 1.47 bits per heavy atom. The molecule has 4 aromatic rings. The van der Waals surface area contributed by atoms with Crippen molar-refractivity contribution in [3.05, 3.63) is 75.8 Å². The molecule has 1 aromatic carbocycles. The molecule has 5 aliphatic rings. The molecule has 7 heterocycles. The van der Waals surface area contributed by atoms with Crippen molar-refractivity contribution in [3.8, 4) is 0 Å². The summed E-state index contributed by atoms with van der Waals surface area (Å²) in [5.74, 6) is 1.08. The first kappa shape index (κ1) is 41.6. The maximum Gasteiger partial charge on any atom is 0.263 e. The van der Waals surface area contributed by atoms with Gasteiger partial charge in [0.05, 0.1) is 23.4 Å². The predicted molar refractivity (Wildman–Crippen MR) is 238 cm³/mol. The minimum absolute atomic E-state index is 0.00749. The van der Waals surface area contributed by atoms with E-state index in [9.17, 15) is 24.0 Å². The Bertz CT molecular complexity index is 2370. The number of imide groups is 1. The topological polar surface area (TPSA) is 166 Å². The van der Waals surface area contributed by atoms with Gasteiger partial charge >= 0.3 is 0 Å². The van der Waals surface area contributed by atoms with Crippen LogP contribution in [0.2, 0.25) is 0 Å². The molecule has 1 saturated carbocycles. The Balaban J connectivity index is 0.720. The summed E-state index contributed by atoms with van der Waals surface area (Å²) in [6.45, 7) is 11.2. The summed E-state index contributed by atoms with van der Waals surface area (Å²) in [4.78, 5) is 86.9. The van der Waals surface area contributed by atoms with Crippen molar-refractivity contribution in [3.63, 3.8) is 0 Å². The molecule has 326 valence electrons. The number of nitrogens with one attached hydrogen (secondary N) is 2. The van der Waals surface area contributed by atoms with Gasteiger partial charge < -0.3 is 24.9 Å². The molecule has 15 heteroatoms. The molecule has 3 aromatic heterocycles. The van der Waals surface area contributed by atoms with E-state index < -0.39 is 0 Å². The number of carbonyl (C=O) groups is 4. The third-order valence-electron chi connectivity index (χ3n) is 14.2. The highest BCUT2D eigenvalue weighted by Gasteiger charge is 2.33. The number of benzene rings is 1. The number of anilines is 4. The number of ketones is 1. The monoisotopic (exact) mass is 842 g/mol. The number of hydrogen-bond acceptors (Lipinski definition) is 12. The summed E-state index contributed by atoms with van der Waals surface area (Å²) < 4.78 is 1.72. The van der Waals surface area contributed by atoms with E-state index in [1.54, 1.807) is 17.7 Å². The van der Waals surface area contributed by atoms with E-state index in [0.29, 0.717) is 66.1 Å². The third-order valence-corrected chi connectivity index (χ3v) is 14.2. The van der Waals surface area contributed by atoms with Gasteiger partial charge in [0.1, 0.15) is 11.5 Å². The molecule has 62 heavy (non-hydrogen) atoms. The van der Waals surface area contributed by atoms with Crippen LogP contribution in [0.5, 0.6) is 0 Å². The summed E-state index contributed by atoms with van der Waals surface area (Å²) >= 11 is 0. The lowest BCUT2D eigenvalue weighted by atomic mass is 9.90. The van der Waals surface area contributed by atoms with Crippen LogP contribution in [0.3, 0.4) is 0 Å². The van der Waals surface area contributed by atoms with Gasteiger partial charge in [-0.05, 0) is 113 Å². The molecule has 2 N–H and O–H groups in total. The summed E-state index contributed by atoms with van der Waals surface area (Å²) in [6.07, 6.45) is 12.4. The molecule has 4 saturated heterocycles. The van der Waals surface area contributed by atoms with Gasteiger partial charge in [-0.25, -0.2) is 9.97 Å². The highest BCUT2D eigenvalue weighted by atomic mass is 16.2. The molecule has 0 bridgehead atoms. The molecule has 5 fully saturated rings. The summed E-state index contributed by atoms with van der Waals surface area (Å²) in [5, 5.41) is 6.39. The van der Waals surface area contributed by atoms with E-state index in [1.165, 1.54) is 12.6 Å². The molecule has 0 spiro atoms. The fourth-order valence-corrected chi connectivity index (χ4v) is 10.5. The molecule has 1 aliphatic carbocycles. The van der Waals surface area contributed by atoms with Crippen LogP contribution in [0.1, 0.15) is 105 Å². The Hall–Kier alpha value is -5.70. The van der Waals surface area contributed by atoms with Crippen molar-refractivity contribution < 1.29 is 19.2 Å². The smallest absolute Gasteiger partial charge is 0.263 e. The molecular formula is C47H58N10O5. The number of Topliss-reactive ketones (excluding diaryl/α,β-unsaturated/α-hetero) is 1. The largest absolute Gasteiger partial charge is 0.372 e. The molecule has 3 amide bonds. The van der Waals surface area contributed by atoms with Crippen molar-refractivity contribution in [2.45, 2.75) is 90.0 Å². The van der Waals surface area contributed by atoms with Crippen LogP contribution in [0.15, 0.2) is 53.6 Å². The fraction of sp³-hybridized carbons (Fsp3) is 0.532. The maximum absolute atomic E-state index is 13.7. The van der Waals surface area contributed by atoms with Crippen molar-refractivity contribution in [1.82, 2.24) is 34.6 Å². The normalized spacial score (nSPS) is 21.1. The second-order valence-corrected chi connectivity index (χ2v) is 18.0. The number of piperazine rings is 1. The Morgan fingerprint density at radius 3 is 2.13 bits per heavy atom. The molecular weight excluding hydrogens is 785 g/mol. The highest BCUT2D eigenvalue weighted by molar-refractivity contribution is 6.01. The van der Waals surface area contributed by atoms with Crippen molar-refractivity contribution in [1.29, 1.82) is 0 Å². The summed E-state index contributed by atoms with van der Waals surface area (Å²) in [6, 6.07) is 12.2. The molecule has 0 radical (unpaired) electrons. The lowest BCUT2D eigenvalue weighted by Crippen LogP contribution is -2.52. The zero-order chi connectivity index (χ0) is 42.9. The van der Waals surface area contributed by atoms with Crippen LogP contribution in [0, 0.1) is 18.8 Å². The van der Waals surface area contributed by atoms with Gasteiger partial charge in [0, 0.05) is 81.5 Å². The van der Waals surface area contributed by atoms with Crippen LogP contribution >= 0.6 is 0 Å². The highest BCUT2D eigenvalue weighted by Crippen LogP contribution is 2.33. The van der Waals surface area contributed by atoms with Crippen LogP contribution in [-0.2, 0) is 14.4 Å². The van der Waals surface area contributed by atoms with E-state index in [1.807, 2.05) is 30.5 Å². The third kappa shape index (κ3) is 8.68. The number of amides is 3. The predicted octanol–water partition coefficient (Wildman–Crippen LogP) is 5.35. The van der Waals surface area contributed by atoms with Crippen molar-refractivity contribution in [2.24, 2.45) is 11.8 Å². The van der Waals surface area contributed by atoms with E-state index in [2.05, 4.69) is 52.3 Å². The van der Waals surface area contributed by atoms with Gasteiger partial charge in [-0.2, -0.15) is 4.98 Å². The fourth-order valence-electron chi connectivity index (χ4n) is 10.5. The van der Waals surface area contributed by atoms with E-state index in [4.69, 9.17) is 4.98 Å². The SMILES string of the molecule is CC(=O)c1c(C)c2cnc(Nc3ccc(N4CCN(C(=O)C5CCN(CC6CCN(c7ccc(C8CCC(=O)NC8=O)cc7)CC6)CC5)CC4)cn3)nc2n(C2CCCC2)c1=O. The number of piperidine rings is 3. The van der Waals surface area contributed by atoms with Crippen molar-refractivity contribution in [2.75, 3.05) is 74.0 Å². The zero-order valence-corrected chi connectivity index (χ0v) is 36.0. The molecule has 1 atom stereocenters. The number of hydrogen-bond donors (Lipinski definition) is 2. The second kappa shape index (κ2) is 18.0. The molecule has 4 aliphatic heterocycles. The lowest BCUT2D eigenvalue weighted by Gasteiger charge is -2.40. The van der Waals surface area contributed by atoms with Gasteiger partial charge in [0.25, 0.3) is 5.56 Å². The maximum atomic E-state index is 13.7. The van der Waals surface area contributed by atoms with Gasteiger partial charge in [-0.15, -0.1) is 0 Å². The quantitative estimate of drug-likeness (QED) is 0.156. The van der Waals surface area contributed by atoms with Crippen LogP contribution in [0.4, 0.5) is 23.1 Å². The first-order valence-electron chi connectivity index (χ1n) is 22.7. The lowest BCUT2D eigenvalue weighted by molar-refractivity contribution is -0.137. The Kier molecular flexibility index (Phi) is 12.1. The zero-order valence-electron chi connectivity index (χ0n) is 36.0. The van der Waals surface area contributed by atoms with Crippen LogP contribution < -0.4 is 26.0 Å².